The van der Waals surface area contributed by atoms with Crippen molar-refractivity contribution in [3.63, 3.8) is 0 Å². The fourth-order valence-corrected chi connectivity index (χ4v) is 4.86. The molecule has 0 radical (unpaired) electrons. The van der Waals surface area contributed by atoms with Crippen LogP contribution in [0, 0.1) is 12.7 Å². The molecule has 2 aromatic rings. The van der Waals surface area contributed by atoms with Crippen molar-refractivity contribution in [3.05, 3.63) is 59.4 Å². The van der Waals surface area contributed by atoms with Crippen molar-refractivity contribution in [2.45, 2.75) is 30.1 Å². The second-order valence-corrected chi connectivity index (χ2v) is 8.59. The number of halogens is 1. The van der Waals surface area contributed by atoms with Gasteiger partial charge >= 0.3 is 0 Å². The zero-order valence-corrected chi connectivity index (χ0v) is 16.3. The Labute approximate surface area is 159 Å². The molecular formula is C20H24FNO4S. The normalized spacial score (nSPS) is 16.9. The monoisotopic (exact) mass is 393 g/mol. The Morgan fingerprint density at radius 1 is 1.19 bits per heavy atom. The van der Waals surface area contributed by atoms with Crippen LogP contribution in [0.1, 0.15) is 24.0 Å². The molecule has 0 atom stereocenters. The average Bonchev–Trinajstić information content (AvgIpc) is 2.67. The van der Waals surface area contributed by atoms with Gasteiger partial charge in [0.05, 0.1) is 12.0 Å². The molecular weight excluding hydrogens is 369 g/mol. The third kappa shape index (κ3) is 4.31. The van der Waals surface area contributed by atoms with E-state index in [4.69, 9.17) is 9.47 Å². The van der Waals surface area contributed by atoms with E-state index < -0.39 is 15.4 Å². The lowest BCUT2D eigenvalue weighted by Gasteiger charge is -2.38. The van der Waals surface area contributed by atoms with Crippen molar-refractivity contribution in [2.24, 2.45) is 0 Å². The van der Waals surface area contributed by atoms with Gasteiger partial charge in [-0.3, -0.25) is 0 Å². The first-order valence-electron chi connectivity index (χ1n) is 8.84. The van der Waals surface area contributed by atoms with Crippen molar-refractivity contribution >= 4 is 10.0 Å². The summed E-state index contributed by atoms with van der Waals surface area (Å²) >= 11 is 0. The molecule has 0 bridgehead atoms. The van der Waals surface area contributed by atoms with Gasteiger partial charge in [-0.25, -0.2) is 17.5 Å². The van der Waals surface area contributed by atoms with Gasteiger partial charge in [-0.05, 0) is 61.2 Å². The van der Waals surface area contributed by atoms with Crippen LogP contribution < -0.4 is 9.46 Å². The number of ether oxygens (including phenoxy) is 2. The maximum absolute atomic E-state index is 13.8. The maximum atomic E-state index is 13.8. The summed E-state index contributed by atoms with van der Waals surface area (Å²) in [6.45, 7) is 2.95. The van der Waals surface area contributed by atoms with Gasteiger partial charge in [0, 0.05) is 25.2 Å². The van der Waals surface area contributed by atoms with Crippen molar-refractivity contribution in [1.29, 1.82) is 0 Å². The predicted molar refractivity (Wildman–Crippen MR) is 101 cm³/mol. The second kappa shape index (κ2) is 7.96. The molecule has 1 aliphatic rings. The summed E-state index contributed by atoms with van der Waals surface area (Å²) in [6, 6.07) is 11.2. The quantitative estimate of drug-likeness (QED) is 0.819. The largest absolute Gasteiger partial charge is 0.497 e. The van der Waals surface area contributed by atoms with Crippen LogP contribution in [0.15, 0.2) is 47.4 Å². The van der Waals surface area contributed by atoms with Crippen LogP contribution in [0.25, 0.3) is 0 Å². The van der Waals surface area contributed by atoms with Gasteiger partial charge in [-0.1, -0.05) is 12.1 Å². The summed E-state index contributed by atoms with van der Waals surface area (Å²) < 4.78 is 52.9. The third-order valence-corrected chi connectivity index (χ3v) is 6.72. The molecule has 0 aromatic heterocycles. The molecule has 3 rings (SSSR count). The Kier molecular flexibility index (Phi) is 5.83. The summed E-state index contributed by atoms with van der Waals surface area (Å²) in [5, 5.41) is 0. The van der Waals surface area contributed by atoms with Gasteiger partial charge in [0.15, 0.2) is 0 Å². The van der Waals surface area contributed by atoms with Crippen molar-refractivity contribution in [1.82, 2.24) is 4.72 Å². The molecule has 2 aromatic carbocycles. The van der Waals surface area contributed by atoms with Crippen molar-refractivity contribution < 1.29 is 22.3 Å². The molecule has 1 saturated heterocycles. The smallest absolute Gasteiger partial charge is 0.240 e. The van der Waals surface area contributed by atoms with E-state index in [9.17, 15) is 12.8 Å². The number of hydrogen-bond acceptors (Lipinski definition) is 4. The molecule has 0 amide bonds. The average molecular weight is 393 g/mol. The van der Waals surface area contributed by atoms with E-state index in [0.717, 1.165) is 5.56 Å². The highest BCUT2D eigenvalue weighted by molar-refractivity contribution is 7.89. The lowest BCUT2D eigenvalue weighted by Crippen LogP contribution is -2.44. The minimum atomic E-state index is -3.71. The zero-order valence-electron chi connectivity index (χ0n) is 15.5. The van der Waals surface area contributed by atoms with E-state index in [0.29, 0.717) is 37.4 Å². The third-order valence-electron chi connectivity index (χ3n) is 5.16. The molecule has 7 heteroatoms. The molecule has 1 N–H and O–H groups in total. The number of benzene rings is 2. The van der Waals surface area contributed by atoms with Crippen LogP contribution in [-0.2, 0) is 20.2 Å². The molecule has 0 unspecified atom stereocenters. The zero-order chi connectivity index (χ0) is 19.5. The highest BCUT2D eigenvalue weighted by Crippen LogP contribution is 2.35. The number of rotatable bonds is 6. The van der Waals surface area contributed by atoms with Crippen LogP contribution in [0.4, 0.5) is 4.39 Å². The minimum absolute atomic E-state index is 0.188. The molecule has 1 heterocycles. The number of nitrogens with one attached hydrogen (secondary N) is 1. The molecule has 27 heavy (non-hydrogen) atoms. The van der Waals surface area contributed by atoms with Gasteiger partial charge in [0.1, 0.15) is 11.6 Å². The number of aryl methyl sites for hydroxylation is 1. The molecule has 0 saturated carbocycles. The second-order valence-electron chi connectivity index (χ2n) is 6.86. The Balaban J connectivity index is 1.87. The van der Waals surface area contributed by atoms with Crippen molar-refractivity contribution in [3.8, 4) is 5.75 Å². The minimum Gasteiger partial charge on any atom is -0.497 e. The Morgan fingerprint density at radius 3 is 2.56 bits per heavy atom. The van der Waals surface area contributed by atoms with Gasteiger partial charge in [0.2, 0.25) is 10.0 Å². The molecule has 0 spiro atoms. The first kappa shape index (κ1) is 19.8. The number of sulfonamides is 1. The Hall–Kier alpha value is -1.96. The standard InChI is InChI=1S/C20H24FNO4S/c1-15-12-18(25-2)6-7-19(15)27(23,24)22-14-20(8-10-26-11-9-20)16-4-3-5-17(21)13-16/h3-7,12-13,22H,8-11,14H2,1-2H3. The van der Waals surface area contributed by atoms with Crippen LogP contribution in [0.3, 0.4) is 0 Å². The summed E-state index contributed by atoms with van der Waals surface area (Å²) in [7, 11) is -2.17. The maximum Gasteiger partial charge on any atom is 0.240 e. The molecule has 1 aliphatic heterocycles. The van der Waals surface area contributed by atoms with Crippen LogP contribution in [-0.4, -0.2) is 35.3 Å². The number of hydrogen-bond donors (Lipinski definition) is 1. The van der Waals surface area contributed by atoms with Crippen LogP contribution in [0.2, 0.25) is 0 Å². The predicted octanol–water partition coefficient (Wildman–Crippen LogP) is 3.17. The van der Waals surface area contributed by atoms with E-state index in [1.165, 1.54) is 25.3 Å². The van der Waals surface area contributed by atoms with E-state index in [-0.39, 0.29) is 17.3 Å². The highest BCUT2D eigenvalue weighted by Gasteiger charge is 2.36. The topological polar surface area (TPSA) is 64.6 Å². The first-order chi connectivity index (χ1) is 12.9. The summed E-state index contributed by atoms with van der Waals surface area (Å²) in [4.78, 5) is 0.213. The lowest BCUT2D eigenvalue weighted by atomic mass is 9.74. The van der Waals surface area contributed by atoms with Gasteiger partial charge in [0.25, 0.3) is 0 Å². The van der Waals surface area contributed by atoms with E-state index in [1.54, 1.807) is 25.1 Å². The first-order valence-corrected chi connectivity index (χ1v) is 10.3. The van der Waals surface area contributed by atoms with E-state index in [1.807, 2.05) is 6.07 Å². The van der Waals surface area contributed by atoms with Gasteiger partial charge in [-0.15, -0.1) is 0 Å². The summed E-state index contributed by atoms with van der Waals surface area (Å²) in [5.41, 5.74) is 0.905. The highest BCUT2D eigenvalue weighted by atomic mass is 32.2. The molecule has 1 fully saturated rings. The lowest BCUT2D eigenvalue weighted by molar-refractivity contribution is 0.0516. The molecule has 5 nitrogen and oxygen atoms in total. The molecule has 146 valence electrons. The SMILES string of the molecule is COc1ccc(S(=O)(=O)NCC2(c3cccc(F)c3)CCOCC2)c(C)c1. The number of methoxy groups -OCH3 is 1. The van der Waals surface area contributed by atoms with Crippen LogP contribution in [0.5, 0.6) is 5.75 Å². The van der Waals surface area contributed by atoms with E-state index in [2.05, 4.69) is 4.72 Å². The summed E-state index contributed by atoms with van der Waals surface area (Å²) in [6.07, 6.45) is 1.25. The molecule has 0 aliphatic carbocycles. The van der Waals surface area contributed by atoms with Crippen LogP contribution >= 0.6 is 0 Å². The van der Waals surface area contributed by atoms with Gasteiger partial charge < -0.3 is 9.47 Å². The van der Waals surface area contributed by atoms with Gasteiger partial charge in [-0.2, -0.15) is 0 Å². The summed E-state index contributed by atoms with van der Waals surface area (Å²) in [5.74, 6) is 0.277. The Bertz CT molecular complexity index is 908. The Morgan fingerprint density at radius 2 is 1.93 bits per heavy atom. The fraction of sp³-hybridized carbons (Fsp3) is 0.400. The van der Waals surface area contributed by atoms with E-state index >= 15 is 0 Å². The fourth-order valence-electron chi connectivity index (χ4n) is 3.51. The van der Waals surface area contributed by atoms with Crippen molar-refractivity contribution in [2.75, 3.05) is 26.9 Å².